The standard InChI is InChI=1S/C27H31F2N5O5/c28-14-22(15-29)39-21-2-3-24-23(13-21)26(36)33(27(37)34(24)20-5-7-31(18-35)8-6-20)17-19-1-4-25(30-16-19)32-9-11-38-12-10-32/h1-4,13,16,18,20,22H,5-12,14-15,17H2. The predicted octanol–water partition coefficient (Wildman–Crippen LogP) is 1.92. The number of carbonyl (C=O) groups is 1. The maximum absolute atomic E-state index is 13.8. The fourth-order valence-electron chi connectivity index (χ4n) is 5.15. The molecule has 0 saturated carbocycles. The highest BCUT2D eigenvalue weighted by molar-refractivity contribution is 5.80. The summed E-state index contributed by atoms with van der Waals surface area (Å²) < 4.78 is 39.7. The smallest absolute Gasteiger partial charge is 0.332 e. The predicted molar refractivity (Wildman–Crippen MR) is 141 cm³/mol. The van der Waals surface area contributed by atoms with Crippen LogP contribution in [0.4, 0.5) is 14.6 Å². The Morgan fingerprint density at radius 3 is 2.44 bits per heavy atom. The van der Waals surface area contributed by atoms with Gasteiger partial charge >= 0.3 is 5.69 Å². The molecule has 208 valence electrons. The van der Waals surface area contributed by atoms with Crippen LogP contribution < -0.4 is 20.9 Å². The molecule has 2 aliphatic heterocycles. The molecular weight excluding hydrogens is 512 g/mol. The molecular formula is C27H31F2N5O5. The van der Waals surface area contributed by atoms with Crippen molar-refractivity contribution in [2.24, 2.45) is 0 Å². The number of piperidine rings is 1. The van der Waals surface area contributed by atoms with Crippen molar-refractivity contribution in [2.45, 2.75) is 31.5 Å². The number of halogens is 2. The number of anilines is 1. The van der Waals surface area contributed by atoms with Crippen LogP contribution in [0.5, 0.6) is 5.75 Å². The number of fused-ring (bicyclic) bond motifs is 1. The third kappa shape index (κ3) is 5.65. The largest absolute Gasteiger partial charge is 0.485 e. The molecule has 1 aromatic carbocycles. The Morgan fingerprint density at radius 1 is 1.05 bits per heavy atom. The van der Waals surface area contributed by atoms with E-state index < -0.39 is 30.7 Å². The summed E-state index contributed by atoms with van der Waals surface area (Å²) in [4.78, 5) is 46.9. The van der Waals surface area contributed by atoms with Gasteiger partial charge in [-0.15, -0.1) is 0 Å². The molecule has 4 heterocycles. The summed E-state index contributed by atoms with van der Waals surface area (Å²) in [5, 5.41) is 0.208. The van der Waals surface area contributed by atoms with Crippen molar-refractivity contribution in [2.75, 3.05) is 57.6 Å². The minimum Gasteiger partial charge on any atom is -0.485 e. The molecule has 0 radical (unpaired) electrons. The molecule has 0 aliphatic carbocycles. The van der Waals surface area contributed by atoms with E-state index in [0.29, 0.717) is 50.2 Å². The number of morpholine rings is 1. The van der Waals surface area contributed by atoms with Gasteiger partial charge in [-0.25, -0.2) is 18.6 Å². The Labute approximate surface area is 223 Å². The maximum atomic E-state index is 13.8. The molecule has 0 atom stereocenters. The van der Waals surface area contributed by atoms with Gasteiger partial charge in [0.1, 0.15) is 24.9 Å². The second kappa shape index (κ2) is 11.9. The molecule has 0 spiro atoms. The number of amides is 1. The molecule has 5 rings (SSSR count). The molecule has 2 aliphatic rings. The van der Waals surface area contributed by atoms with Crippen LogP contribution in [0.1, 0.15) is 24.4 Å². The van der Waals surface area contributed by atoms with E-state index >= 15 is 0 Å². The van der Waals surface area contributed by atoms with Crippen LogP contribution in [0.15, 0.2) is 46.1 Å². The number of likely N-dealkylation sites (tertiary alicyclic amines) is 1. The summed E-state index contributed by atoms with van der Waals surface area (Å²) in [5.41, 5.74) is 0.0934. The van der Waals surface area contributed by atoms with Crippen molar-refractivity contribution < 1.29 is 23.0 Å². The van der Waals surface area contributed by atoms with Gasteiger partial charge in [-0.3, -0.25) is 18.7 Å². The molecule has 3 aromatic rings. The Bertz CT molecular complexity index is 1410. The molecule has 2 aromatic heterocycles. The molecule has 0 N–H and O–H groups in total. The molecule has 39 heavy (non-hydrogen) atoms. The highest BCUT2D eigenvalue weighted by Gasteiger charge is 2.25. The molecule has 10 nitrogen and oxygen atoms in total. The quantitative estimate of drug-likeness (QED) is 0.381. The van der Waals surface area contributed by atoms with Gasteiger partial charge in [0.05, 0.1) is 30.7 Å². The Hall–Kier alpha value is -3.80. The first-order valence-electron chi connectivity index (χ1n) is 13.1. The second-order valence-electron chi connectivity index (χ2n) is 9.77. The Balaban J connectivity index is 1.54. The van der Waals surface area contributed by atoms with Crippen molar-refractivity contribution >= 4 is 23.1 Å². The van der Waals surface area contributed by atoms with Crippen molar-refractivity contribution in [1.82, 2.24) is 19.0 Å². The number of ether oxygens (including phenoxy) is 2. The third-order valence-electron chi connectivity index (χ3n) is 7.29. The highest BCUT2D eigenvalue weighted by atomic mass is 19.1. The zero-order valence-electron chi connectivity index (χ0n) is 21.5. The number of rotatable bonds is 9. The average Bonchev–Trinajstić information content (AvgIpc) is 2.99. The third-order valence-corrected chi connectivity index (χ3v) is 7.29. The molecule has 12 heteroatoms. The summed E-state index contributed by atoms with van der Waals surface area (Å²) in [6.45, 7) is 1.69. The van der Waals surface area contributed by atoms with Crippen LogP contribution in [0, 0.1) is 0 Å². The lowest BCUT2D eigenvalue weighted by molar-refractivity contribution is -0.119. The van der Waals surface area contributed by atoms with E-state index in [2.05, 4.69) is 9.88 Å². The molecule has 2 fully saturated rings. The zero-order valence-corrected chi connectivity index (χ0v) is 21.5. The van der Waals surface area contributed by atoms with E-state index in [9.17, 15) is 23.2 Å². The minimum absolute atomic E-state index is 0.000148. The van der Waals surface area contributed by atoms with Gasteiger partial charge in [-0.2, -0.15) is 0 Å². The van der Waals surface area contributed by atoms with Crippen LogP contribution in [-0.4, -0.2) is 84.3 Å². The Kier molecular flexibility index (Phi) is 8.20. The average molecular weight is 544 g/mol. The van der Waals surface area contributed by atoms with E-state index in [0.717, 1.165) is 29.9 Å². The van der Waals surface area contributed by atoms with Gasteiger partial charge in [0.25, 0.3) is 5.56 Å². The second-order valence-corrected chi connectivity index (χ2v) is 9.77. The molecule has 2 saturated heterocycles. The van der Waals surface area contributed by atoms with E-state index in [-0.39, 0.29) is 23.7 Å². The van der Waals surface area contributed by atoms with Crippen LogP contribution in [-0.2, 0) is 16.1 Å². The molecule has 0 bridgehead atoms. The maximum Gasteiger partial charge on any atom is 0.332 e. The van der Waals surface area contributed by atoms with Gasteiger partial charge in [0.15, 0.2) is 6.10 Å². The van der Waals surface area contributed by atoms with Crippen LogP contribution in [0.25, 0.3) is 10.9 Å². The topological polar surface area (TPSA) is 98.9 Å². The monoisotopic (exact) mass is 543 g/mol. The number of alkyl halides is 2. The summed E-state index contributed by atoms with van der Waals surface area (Å²) in [6.07, 6.45) is 2.26. The number of nitrogens with zero attached hydrogens (tertiary/aromatic N) is 5. The fraction of sp³-hybridized carbons (Fsp3) is 0.481. The van der Waals surface area contributed by atoms with Crippen LogP contribution in [0.2, 0.25) is 0 Å². The number of hydrogen-bond donors (Lipinski definition) is 0. The van der Waals surface area contributed by atoms with E-state index in [4.69, 9.17) is 9.47 Å². The number of pyridine rings is 1. The SMILES string of the molecule is O=CN1CCC(n2c(=O)n(Cc3ccc(N4CCOCC4)nc3)c(=O)c3cc(OC(CF)CF)ccc32)CC1. The van der Waals surface area contributed by atoms with Crippen LogP contribution in [0.3, 0.4) is 0 Å². The van der Waals surface area contributed by atoms with E-state index in [1.807, 2.05) is 12.1 Å². The molecule has 1 amide bonds. The van der Waals surface area contributed by atoms with Crippen molar-refractivity contribution in [3.63, 3.8) is 0 Å². The van der Waals surface area contributed by atoms with Gasteiger partial charge in [-0.1, -0.05) is 6.07 Å². The lowest BCUT2D eigenvalue weighted by Crippen LogP contribution is -2.44. The first kappa shape index (κ1) is 26.8. The molecule has 0 unspecified atom stereocenters. The van der Waals surface area contributed by atoms with Crippen molar-refractivity contribution in [3.8, 4) is 5.75 Å². The Morgan fingerprint density at radius 2 is 1.79 bits per heavy atom. The van der Waals surface area contributed by atoms with Crippen molar-refractivity contribution in [3.05, 3.63) is 62.9 Å². The van der Waals surface area contributed by atoms with Crippen LogP contribution >= 0.6 is 0 Å². The summed E-state index contributed by atoms with van der Waals surface area (Å²) in [6, 6.07) is 7.99. The summed E-state index contributed by atoms with van der Waals surface area (Å²) in [7, 11) is 0. The van der Waals surface area contributed by atoms with E-state index in [1.54, 1.807) is 21.7 Å². The first-order chi connectivity index (χ1) is 19.0. The zero-order chi connectivity index (χ0) is 27.4. The summed E-state index contributed by atoms with van der Waals surface area (Å²) in [5.74, 6) is 0.938. The fourth-order valence-corrected chi connectivity index (χ4v) is 5.15. The first-order valence-corrected chi connectivity index (χ1v) is 13.1. The minimum atomic E-state index is -1.28. The lowest BCUT2D eigenvalue weighted by atomic mass is 10.0. The summed E-state index contributed by atoms with van der Waals surface area (Å²) >= 11 is 0. The van der Waals surface area contributed by atoms with Gasteiger partial charge in [0.2, 0.25) is 6.41 Å². The van der Waals surface area contributed by atoms with E-state index in [1.165, 1.54) is 12.1 Å². The number of aromatic nitrogens is 3. The number of hydrogen-bond acceptors (Lipinski definition) is 7. The van der Waals surface area contributed by atoms with Gasteiger partial charge < -0.3 is 19.3 Å². The van der Waals surface area contributed by atoms with Gasteiger partial charge in [-0.05, 0) is 42.7 Å². The number of carbonyl (C=O) groups excluding carboxylic acids is 1. The van der Waals surface area contributed by atoms with Crippen molar-refractivity contribution in [1.29, 1.82) is 0 Å². The number of benzene rings is 1. The normalized spacial score (nSPS) is 16.7. The highest BCUT2D eigenvalue weighted by Crippen LogP contribution is 2.26. The lowest BCUT2D eigenvalue weighted by Gasteiger charge is -2.31. The van der Waals surface area contributed by atoms with Gasteiger partial charge in [0, 0.05) is 38.4 Å².